The van der Waals surface area contributed by atoms with Crippen LogP contribution in [0.4, 0.5) is 17.6 Å². The monoisotopic (exact) mass is 527 g/mol. The molecule has 6 nitrogen and oxygen atoms in total. The number of halogens is 6. The normalized spacial score (nSPS) is 18.0. The SMILES string of the molecule is CON=CNC(=O)c1ccc(C2=NOC(c3cc(Cl)c(F)c(Cl)c3)(C(F)(F)F)C2)c2ccccc12. The first-order valence-corrected chi connectivity index (χ1v) is 10.7. The molecule has 1 amide bonds. The third-order valence-electron chi connectivity index (χ3n) is 5.47. The van der Waals surface area contributed by atoms with E-state index in [1.807, 2.05) is 0 Å². The lowest BCUT2D eigenvalue weighted by atomic mass is 9.85. The van der Waals surface area contributed by atoms with Crippen LogP contribution in [0.2, 0.25) is 10.0 Å². The Bertz CT molecular complexity index is 1350. The fourth-order valence-electron chi connectivity index (χ4n) is 3.80. The van der Waals surface area contributed by atoms with Crippen LogP contribution >= 0.6 is 23.2 Å². The van der Waals surface area contributed by atoms with Crippen LogP contribution in [0.15, 0.2) is 58.8 Å². The molecule has 3 aromatic rings. The van der Waals surface area contributed by atoms with Gasteiger partial charge in [-0.1, -0.05) is 63.8 Å². The number of hydrogen-bond donors (Lipinski definition) is 1. The molecule has 0 fully saturated rings. The fourth-order valence-corrected chi connectivity index (χ4v) is 4.29. The molecule has 1 aliphatic heterocycles. The van der Waals surface area contributed by atoms with E-state index in [0.29, 0.717) is 16.3 Å². The molecule has 3 aromatic carbocycles. The molecule has 182 valence electrons. The van der Waals surface area contributed by atoms with Gasteiger partial charge in [0.2, 0.25) is 0 Å². The molecular formula is C23H15Cl2F4N3O3. The molecule has 1 atom stereocenters. The lowest BCUT2D eigenvalue weighted by Crippen LogP contribution is -2.42. The van der Waals surface area contributed by atoms with E-state index < -0.39 is 45.5 Å². The zero-order valence-electron chi connectivity index (χ0n) is 17.8. The standard InChI is InChI=1S/C23H15Cl2F4N3O3/c1-34-31-11-30-21(33)16-7-6-15(13-4-2-3-5-14(13)16)19-10-22(35-32-19,23(27,28)29)12-8-17(24)20(26)18(25)9-12/h2-9,11H,10H2,1H3,(H,30,31,33). The Morgan fingerprint density at radius 2 is 1.83 bits per heavy atom. The van der Waals surface area contributed by atoms with Crippen molar-refractivity contribution in [3.05, 3.63) is 81.1 Å². The molecule has 35 heavy (non-hydrogen) atoms. The van der Waals surface area contributed by atoms with Gasteiger partial charge in [-0.15, -0.1) is 0 Å². The summed E-state index contributed by atoms with van der Waals surface area (Å²) in [5.41, 5.74) is -2.86. The minimum absolute atomic E-state index is 0.0250. The molecule has 0 saturated carbocycles. The average molecular weight is 528 g/mol. The van der Waals surface area contributed by atoms with E-state index in [-0.39, 0.29) is 11.3 Å². The summed E-state index contributed by atoms with van der Waals surface area (Å²) in [6.45, 7) is 0. The molecular weight excluding hydrogens is 513 g/mol. The van der Waals surface area contributed by atoms with Crippen molar-refractivity contribution in [3.63, 3.8) is 0 Å². The third kappa shape index (κ3) is 4.39. The number of benzene rings is 3. The number of fused-ring (bicyclic) bond motifs is 1. The van der Waals surface area contributed by atoms with Crippen LogP contribution in [-0.2, 0) is 15.3 Å². The second kappa shape index (κ2) is 9.35. The van der Waals surface area contributed by atoms with Crippen molar-refractivity contribution in [1.29, 1.82) is 0 Å². The van der Waals surface area contributed by atoms with E-state index in [4.69, 9.17) is 28.0 Å². The summed E-state index contributed by atoms with van der Waals surface area (Å²) in [6, 6.07) is 11.2. The van der Waals surface area contributed by atoms with Crippen molar-refractivity contribution in [2.45, 2.75) is 18.2 Å². The Labute approximate surface area is 206 Å². The van der Waals surface area contributed by atoms with E-state index in [9.17, 15) is 22.4 Å². The number of oxime groups is 2. The maximum Gasteiger partial charge on any atom is 0.435 e. The zero-order valence-corrected chi connectivity index (χ0v) is 19.3. The summed E-state index contributed by atoms with van der Waals surface area (Å²) in [7, 11) is 1.31. The highest BCUT2D eigenvalue weighted by atomic mass is 35.5. The summed E-state index contributed by atoms with van der Waals surface area (Å²) in [5.74, 6) is -1.54. The van der Waals surface area contributed by atoms with E-state index in [2.05, 4.69) is 20.5 Å². The van der Waals surface area contributed by atoms with Gasteiger partial charge in [0.15, 0.2) is 5.82 Å². The fraction of sp³-hybridized carbons (Fsp3) is 0.174. The van der Waals surface area contributed by atoms with Crippen molar-refractivity contribution < 1.29 is 32.0 Å². The van der Waals surface area contributed by atoms with Gasteiger partial charge in [-0.3, -0.25) is 4.79 Å². The Balaban J connectivity index is 1.77. The number of hydrogen-bond acceptors (Lipinski definition) is 5. The molecule has 0 radical (unpaired) electrons. The van der Waals surface area contributed by atoms with E-state index in [1.54, 1.807) is 24.3 Å². The molecule has 0 aromatic heterocycles. The van der Waals surface area contributed by atoms with Crippen LogP contribution in [-0.4, -0.2) is 31.2 Å². The summed E-state index contributed by atoms with van der Waals surface area (Å²) in [6.07, 6.45) is -4.61. The van der Waals surface area contributed by atoms with Crippen LogP contribution in [0.3, 0.4) is 0 Å². The number of carbonyl (C=O) groups excluding carboxylic acids is 1. The first kappa shape index (κ1) is 24.7. The van der Waals surface area contributed by atoms with Gasteiger partial charge in [-0.25, -0.2) is 4.39 Å². The Morgan fingerprint density at radius 3 is 2.46 bits per heavy atom. The lowest BCUT2D eigenvalue weighted by molar-refractivity contribution is -0.275. The largest absolute Gasteiger partial charge is 0.435 e. The topological polar surface area (TPSA) is 72.3 Å². The minimum atomic E-state index is -4.95. The number of amides is 1. The zero-order chi connectivity index (χ0) is 25.4. The van der Waals surface area contributed by atoms with E-state index in [1.165, 1.54) is 19.2 Å². The second-order valence-electron chi connectivity index (χ2n) is 7.48. The highest BCUT2D eigenvalue weighted by Gasteiger charge is 2.62. The molecule has 0 saturated heterocycles. The molecule has 0 spiro atoms. The number of nitrogens with one attached hydrogen (secondary N) is 1. The smallest absolute Gasteiger partial charge is 0.398 e. The lowest BCUT2D eigenvalue weighted by Gasteiger charge is -2.29. The second-order valence-corrected chi connectivity index (χ2v) is 8.30. The van der Waals surface area contributed by atoms with Gasteiger partial charge in [-0.2, -0.15) is 13.2 Å². The maximum atomic E-state index is 14.3. The summed E-state index contributed by atoms with van der Waals surface area (Å²) in [5, 5.41) is 9.41. The quantitative estimate of drug-likeness (QED) is 0.141. The molecule has 1 unspecified atom stereocenters. The number of rotatable bonds is 5. The van der Waals surface area contributed by atoms with Gasteiger partial charge < -0.3 is 15.0 Å². The predicted octanol–water partition coefficient (Wildman–Crippen LogP) is 6.19. The molecule has 1 N–H and O–H groups in total. The van der Waals surface area contributed by atoms with Gasteiger partial charge in [-0.05, 0) is 29.0 Å². The van der Waals surface area contributed by atoms with Crippen LogP contribution in [0.1, 0.15) is 27.9 Å². The van der Waals surface area contributed by atoms with Crippen molar-refractivity contribution in [3.8, 4) is 0 Å². The molecule has 4 rings (SSSR count). The summed E-state index contributed by atoms with van der Waals surface area (Å²) < 4.78 is 56.9. The highest BCUT2D eigenvalue weighted by Crippen LogP contribution is 2.50. The molecule has 1 aliphatic rings. The Kier molecular flexibility index (Phi) is 6.61. The average Bonchev–Trinajstić information content (AvgIpc) is 3.28. The molecule has 12 heteroatoms. The van der Waals surface area contributed by atoms with Crippen LogP contribution in [0.25, 0.3) is 10.8 Å². The first-order chi connectivity index (χ1) is 16.6. The summed E-state index contributed by atoms with van der Waals surface area (Å²) in [4.78, 5) is 22.1. The Hall–Kier alpha value is -3.37. The van der Waals surface area contributed by atoms with E-state index >= 15 is 0 Å². The number of carbonyl (C=O) groups is 1. The number of nitrogens with zero attached hydrogens (tertiary/aromatic N) is 2. The maximum absolute atomic E-state index is 14.3. The van der Waals surface area contributed by atoms with Crippen molar-refractivity contribution in [2.75, 3.05) is 7.11 Å². The molecule has 0 bridgehead atoms. The molecule has 0 aliphatic carbocycles. The van der Waals surface area contributed by atoms with E-state index in [0.717, 1.165) is 18.5 Å². The van der Waals surface area contributed by atoms with Crippen LogP contribution in [0.5, 0.6) is 0 Å². The highest BCUT2D eigenvalue weighted by molar-refractivity contribution is 6.35. The molecule has 1 heterocycles. The van der Waals surface area contributed by atoms with Gasteiger partial charge >= 0.3 is 6.18 Å². The minimum Gasteiger partial charge on any atom is -0.398 e. The third-order valence-corrected chi connectivity index (χ3v) is 6.02. The van der Waals surface area contributed by atoms with Crippen LogP contribution < -0.4 is 5.32 Å². The number of alkyl halides is 3. The van der Waals surface area contributed by atoms with Crippen molar-refractivity contribution >= 4 is 51.9 Å². The summed E-state index contributed by atoms with van der Waals surface area (Å²) >= 11 is 11.5. The van der Waals surface area contributed by atoms with Gasteiger partial charge in [0, 0.05) is 23.1 Å². The predicted molar refractivity (Wildman–Crippen MR) is 123 cm³/mol. The van der Waals surface area contributed by atoms with Gasteiger partial charge in [0.05, 0.1) is 15.8 Å². The van der Waals surface area contributed by atoms with Crippen molar-refractivity contribution in [2.24, 2.45) is 10.3 Å². The van der Waals surface area contributed by atoms with Crippen LogP contribution in [0, 0.1) is 5.82 Å². The van der Waals surface area contributed by atoms with Gasteiger partial charge in [0.25, 0.3) is 11.5 Å². The Morgan fingerprint density at radius 1 is 1.17 bits per heavy atom. The van der Waals surface area contributed by atoms with Gasteiger partial charge in [0.1, 0.15) is 13.4 Å². The van der Waals surface area contributed by atoms with Crippen molar-refractivity contribution in [1.82, 2.24) is 5.32 Å². The first-order valence-electron chi connectivity index (χ1n) is 9.94.